The van der Waals surface area contributed by atoms with Gasteiger partial charge in [-0.25, -0.2) is 18.1 Å². The molecule has 44 heavy (non-hydrogen) atoms. The van der Waals surface area contributed by atoms with Crippen LogP contribution >= 0.6 is 11.6 Å². The topological polar surface area (TPSA) is 109 Å². The SMILES string of the molecule is CC[C@@H](C(=O)NC1(C)C=Cc2nn(C(F)F)cc2C1)n1cc(OC)c(C2=CC(Cl)=CCC2(C)n2cc(C(F)F)nn2)cc1=O. The summed E-state index contributed by atoms with van der Waals surface area (Å²) >= 11 is 6.36. The Balaban J connectivity index is 1.47. The number of halogens is 5. The van der Waals surface area contributed by atoms with Gasteiger partial charge in [0.15, 0.2) is 0 Å². The van der Waals surface area contributed by atoms with E-state index in [9.17, 15) is 27.2 Å². The van der Waals surface area contributed by atoms with Gasteiger partial charge in [0.25, 0.3) is 12.0 Å². The lowest BCUT2D eigenvalue weighted by Gasteiger charge is -2.35. The molecule has 0 saturated heterocycles. The molecule has 2 unspecified atom stereocenters. The predicted octanol–water partition coefficient (Wildman–Crippen LogP) is 5.40. The first-order chi connectivity index (χ1) is 20.8. The van der Waals surface area contributed by atoms with Crippen LogP contribution in [0.4, 0.5) is 17.6 Å². The molecule has 15 heteroatoms. The molecular formula is C29H30ClF4N7O3. The molecule has 0 spiro atoms. The molecule has 234 valence electrons. The largest absolute Gasteiger partial charge is 0.495 e. The van der Waals surface area contributed by atoms with E-state index >= 15 is 0 Å². The number of pyridine rings is 1. The number of allylic oxidation sites excluding steroid dienone is 4. The maximum Gasteiger partial charge on any atom is 0.333 e. The molecule has 0 saturated carbocycles. The zero-order chi connectivity index (χ0) is 32.0. The van der Waals surface area contributed by atoms with Crippen molar-refractivity contribution in [1.29, 1.82) is 0 Å². The number of nitrogens with zero attached hydrogens (tertiary/aromatic N) is 6. The van der Waals surface area contributed by atoms with Gasteiger partial charge in [-0.15, -0.1) is 5.10 Å². The summed E-state index contributed by atoms with van der Waals surface area (Å²) in [6.07, 6.45) is 8.33. The monoisotopic (exact) mass is 635 g/mol. The van der Waals surface area contributed by atoms with E-state index in [0.717, 1.165) is 6.20 Å². The van der Waals surface area contributed by atoms with Gasteiger partial charge in [0.2, 0.25) is 5.91 Å². The number of methoxy groups -OCH3 is 1. The standard InChI is InChI=1S/C29H30ClF4N7O3/c1-5-22(26(43)35-28(2)8-7-20-16(12-28)13-40(37-20)27(33)34)39-15-23(44-4)18(11-24(39)42)19-10-17(30)6-9-29(19,3)41-14-21(25(31)32)36-38-41/h6-8,10-11,13-15,22,25,27H,5,9,12H2,1-4H3,(H,35,43)/t22-,28?,29?/m0/s1. The highest BCUT2D eigenvalue weighted by Gasteiger charge is 2.38. The molecule has 0 bridgehead atoms. The van der Waals surface area contributed by atoms with Crippen LogP contribution in [0.25, 0.3) is 11.6 Å². The highest BCUT2D eigenvalue weighted by atomic mass is 35.5. The first kappa shape index (κ1) is 31.2. The summed E-state index contributed by atoms with van der Waals surface area (Å²) in [5, 5.41) is 14.7. The number of hydrogen-bond donors (Lipinski definition) is 1. The molecule has 5 rings (SSSR count). The van der Waals surface area contributed by atoms with Crippen LogP contribution in [0.1, 0.15) is 75.1 Å². The lowest BCUT2D eigenvalue weighted by Crippen LogP contribution is -2.50. The van der Waals surface area contributed by atoms with Gasteiger partial charge < -0.3 is 10.1 Å². The predicted molar refractivity (Wildman–Crippen MR) is 155 cm³/mol. The molecule has 0 aliphatic heterocycles. The zero-order valence-electron chi connectivity index (χ0n) is 24.3. The van der Waals surface area contributed by atoms with Crippen LogP contribution in [0.3, 0.4) is 0 Å². The maximum atomic E-state index is 13.6. The van der Waals surface area contributed by atoms with E-state index < -0.39 is 47.3 Å². The second kappa shape index (κ2) is 11.7. The van der Waals surface area contributed by atoms with Crippen LogP contribution < -0.4 is 15.6 Å². The van der Waals surface area contributed by atoms with E-state index in [1.165, 1.54) is 34.8 Å². The smallest absolute Gasteiger partial charge is 0.333 e. The lowest BCUT2D eigenvalue weighted by molar-refractivity contribution is -0.125. The van der Waals surface area contributed by atoms with Gasteiger partial charge in [-0.05, 0) is 44.4 Å². The summed E-state index contributed by atoms with van der Waals surface area (Å²) in [5.41, 5.74) is -1.21. The number of ether oxygens (including phenoxy) is 1. The number of amides is 1. The van der Waals surface area contributed by atoms with Gasteiger partial charge in [0.05, 0.1) is 36.3 Å². The summed E-state index contributed by atoms with van der Waals surface area (Å²) in [6.45, 7) is 2.47. The second-order valence-electron chi connectivity index (χ2n) is 11.2. The summed E-state index contributed by atoms with van der Waals surface area (Å²) < 4.78 is 61.7. The van der Waals surface area contributed by atoms with Gasteiger partial charge in [-0.1, -0.05) is 35.9 Å². The number of nitrogens with one attached hydrogen (secondary N) is 1. The third-order valence-corrected chi connectivity index (χ3v) is 8.26. The van der Waals surface area contributed by atoms with Crippen molar-refractivity contribution in [2.75, 3.05) is 7.11 Å². The summed E-state index contributed by atoms with van der Waals surface area (Å²) in [6, 6.07) is 0.368. The zero-order valence-corrected chi connectivity index (χ0v) is 25.0. The third kappa shape index (κ3) is 5.70. The quantitative estimate of drug-likeness (QED) is 0.316. The van der Waals surface area contributed by atoms with Crippen LogP contribution in [-0.2, 0) is 16.8 Å². The second-order valence-corrected chi connectivity index (χ2v) is 11.6. The van der Waals surface area contributed by atoms with Crippen LogP contribution in [-0.4, -0.2) is 47.9 Å². The van der Waals surface area contributed by atoms with Crippen LogP contribution in [0.15, 0.2) is 52.7 Å². The Hall–Kier alpha value is -4.20. The van der Waals surface area contributed by atoms with Crippen molar-refractivity contribution < 1.29 is 27.1 Å². The molecule has 2 aliphatic rings. The van der Waals surface area contributed by atoms with E-state index in [4.69, 9.17) is 16.3 Å². The molecular weight excluding hydrogens is 606 g/mol. The first-order valence-corrected chi connectivity index (χ1v) is 14.1. The van der Waals surface area contributed by atoms with Gasteiger partial charge in [0, 0.05) is 34.8 Å². The van der Waals surface area contributed by atoms with Crippen molar-refractivity contribution in [3.63, 3.8) is 0 Å². The van der Waals surface area contributed by atoms with E-state index in [-0.39, 0.29) is 25.0 Å². The van der Waals surface area contributed by atoms with Gasteiger partial charge in [-0.3, -0.25) is 14.2 Å². The Bertz CT molecular complexity index is 1740. The number of fused-ring (bicyclic) bond motifs is 1. The van der Waals surface area contributed by atoms with Crippen LogP contribution in [0.5, 0.6) is 5.75 Å². The highest BCUT2D eigenvalue weighted by molar-refractivity contribution is 6.32. The fourth-order valence-corrected chi connectivity index (χ4v) is 5.79. The number of alkyl halides is 4. The van der Waals surface area contributed by atoms with Gasteiger partial charge in [-0.2, -0.15) is 13.9 Å². The third-order valence-electron chi connectivity index (χ3n) is 7.99. The maximum absolute atomic E-state index is 13.6. The van der Waals surface area contributed by atoms with E-state index in [1.807, 2.05) is 0 Å². The number of hydrogen-bond acceptors (Lipinski definition) is 6. The molecule has 10 nitrogen and oxygen atoms in total. The molecule has 1 amide bonds. The first-order valence-electron chi connectivity index (χ1n) is 13.7. The Morgan fingerprint density at radius 1 is 1.20 bits per heavy atom. The van der Waals surface area contributed by atoms with Crippen LogP contribution in [0, 0.1) is 0 Å². The fourth-order valence-electron chi connectivity index (χ4n) is 5.60. The Morgan fingerprint density at radius 3 is 2.59 bits per heavy atom. The van der Waals surface area contributed by atoms with Crippen molar-refractivity contribution in [3.8, 4) is 5.75 Å². The van der Waals surface area contributed by atoms with Gasteiger partial charge >= 0.3 is 6.55 Å². The van der Waals surface area contributed by atoms with Crippen molar-refractivity contribution in [2.24, 2.45) is 0 Å². The molecule has 0 radical (unpaired) electrons. The summed E-state index contributed by atoms with van der Waals surface area (Å²) in [7, 11) is 1.40. The normalized spacial score (nSPS) is 22.1. The van der Waals surface area contributed by atoms with Crippen molar-refractivity contribution in [2.45, 2.75) is 70.1 Å². The minimum absolute atomic E-state index is 0.224. The number of carbonyl (C=O) groups excluding carboxylic acids is 1. The number of aromatic nitrogens is 6. The molecule has 3 atom stereocenters. The Kier molecular flexibility index (Phi) is 8.31. The van der Waals surface area contributed by atoms with Crippen LogP contribution in [0.2, 0.25) is 0 Å². The van der Waals surface area contributed by atoms with E-state index in [1.54, 1.807) is 45.1 Å². The van der Waals surface area contributed by atoms with Crippen molar-refractivity contribution in [3.05, 3.63) is 80.8 Å². The highest BCUT2D eigenvalue weighted by Crippen LogP contribution is 2.44. The molecule has 3 heterocycles. The minimum atomic E-state index is -2.82. The molecule has 3 aromatic rings. The van der Waals surface area contributed by atoms with E-state index in [2.05, 4.69) is 20.7 Å². The van der Waals surface area contributed by atoms with Gasteiger partial charge in [0.1, 0.15) is 17.5 Å². The average Bonchev–Trinajstić information content (AvgIpc) is 3.63. The molecule has 0 fully saturated rings. The Labute approximate surface area is 254 Å². The lowest BCUT2D eigenvalue weighted by atomic mass is 9.80. The van der Waals surface area contributed by atoms with E-state index in [0.29, 0.717) is 32.1 Å². The minimum Gasteiger partial charge on any atom is -0.495 e. The Morgan fingerprint density at radius 2 is 1.95 bits per heavy atom. The fraction of sp³-hybridized carbons (Fsp3) is 0.414. The molecule has 3 aromatic heterocycles. The number of carbonyl (C=O) groups is 1. The summed E-state index contributed by atoms with van der Waals surface area (Å²) in [5.74, 6) is -0.224. The molecule has 2 aliphatic carbocycles. The number of rotatable bonds is 9. The van der Waals surface area contributed by atoms with Crippen molar-refractivity contribution in [1.82, 2.24) is 34.7 Å². The summed E-state index contributed by atoms with van der Waals surface area (Å²) in [4.78, 5) is 27.2. The molecule has 0 aromatic carbocycles. The molecule has 1 N–H and O–H groups in total. The van der Waals surface area contributed by atoms with Crippen molar-refractivity contribution >= 4 is 29.2 Å². The average molecular weight is 636 g/mol.